The van der Waals surface area contributed by atoms with E-state index in [4.69, 9.17) is 0 Å². The third-order valence-corrected chi connectivity index (χ3v) is 5.22. The fourth-order valence-corrected chi connectivity index (χ4v) is 3.63. The number of nitrogens with zero attached hydrogens (tertiary/aromatic N) is 3. The number of hydrogen-bond donors (Lipinski definition) is 2. The van der Waals surface area contributed by atoms with E-state index in [-0.39, 0.29) is 0 Å². The summed E-state index contributed by atoms with van der Waals surface area (Å²) in [5, 5.41) is 13.7. The summed E-state index contributed by atoms with van der Waals surface area (Å²) in [5.41, 5.74) is 6.43. The van der Waals surface area contributed by atoms with Gasteiger partial charge in [-0.25, -0.2) is 9.97 Å². The largest absolute Gasteiger partial charge is 0.508 e. The lowest BCUT2D eigenvalue weighted by molar-refractivity contribution is 0.291. The zero-order valence-electron chi connectivity index (χ0n) is 15.7. The highest BCUT2D eigenvalue weighted by atomic mass is 16.3. The first-order valence-electron chi connectivity index (χ1n) is 9.43. The number of aromatic nitrogens is 2. The highest BCUT2D eigenvalue weighted by Crippen LogP contribution is 2.38. The minimum atomic E-state index is 0.327. The number of aromatic hydroxyl groups is 1. The van der Waals surface area contributed by atoms with Crippen molar-refractivity contribution in [3.05, 3.63) is 65.5 Å². The first kappa shape index (κ1) is 17.5. The van der Waals surface area contributed by atoms with E-state index in [0.717, 1.165) is 54.4 Å². The Morgan fingerprint density at radius 2 is 1.89 bits per heavy atom. The highest BCUT2D eigenvalue weighted by molar-refractivity contribution is 5.79. The normalized spacial score (nSPS) is 12.1. The predicted molar refractivity (Wildman–Crippen MR) is 108 cm³/mol. The number of phenolic OH excluding ortho intramolecular Hbond substituents is 1. The van der Waals surface area contributed by atoms with Gasteiger partial charge in [0.1, 0.15) is 17.9 Å². The molecule has 5 nitrogen and oxygen atoms in total. The molecule has 0 amide bonds. The van der Waals surface area contributed by atoms with Crippen molar-refractivity contribution in [1.29, 1.82) is 0 Å². The van der Waals surface area contributed by atoms with Gasteiger partial charge in [-0.3, -0.25) is 4.90 Å². The summed E-state index contributed by atoms with van der Waals surface area (Å²) in [5.74, 6) is 1.16. The summed E-state index contributed by atoms with van der Waals surface area (Å²) < 4.78 is 0. The van der Waals surface area contributed by atoms with E-state index >= 15 is 0 Å². The zero-order valence-corrected chi connectivity index (χ0v) is 15.7. The molecule has 5 heteroatoms. The molecule has 0 aliphatic heterocycles. The molecule has 0 fully saturated rings. The second-order valence-corrected chi connectivity index (χ2v) is 6.81. The van der Waals surface area contributed by atoms with E-state index in [1.54, 1.807) is 12.4 Å². The van der Waals surface area contributed by atoms with Crippen molar-refractivity contribution in [2.45, 2.75) is 26.8 Å². The van der Waals surface area contributed by atoms with Crippen molar-refractivity contribution in [2.24, 2.45) is 0 Å². The number of nitrogens with one attached hydrogen (secondary N) is 1. The highest BCUT2D eigenvalue weighted by Gasteiger charge is 2.23. The van der Waals surface area contributed by atoms with Gasteiger partial charge in [-0.2, -0.15) is 0 Å². The topological polar surface area (TPSA) is 61.3 Å². The van der Waals surface area contributed by atoms with Crippen LogP contribution in [0.15, 0.2) is 48.8 Å². The zero-order chi connectivity index (χ0) is 18.8. The Bertz CT molecular complexity index is 966. The third-order valence-electron chi connectivity index (χ3n) is 5.22. The summed E-state index contributed by atoms with van der Waals surface area (Å²) in [7, 11) is 0. The standard InChI is InChI=1S/C22H24N4O/c1-3-26(4-2)13-16-11-17(9-10-20(16)27)25-22-19-12-15-7-5-6-8-18(15)21(19)23-14-24-22/h5-11,14,27H,3-4,12-13H2,1-2H3,(H,23,24,25). The van der Waals surface area contributed by atoms with Crippen molar-refractivity contribution in [2.75, 3.05) is 18.4 Å². The Hall–Kier alpha value is -2.92. The molecule has 1 aliphatic rings. The number of phenols is 1. The Kier molecular flexibility index (Phi) is 4.77. The van der Waals surface area contributed by atoms with Gasteiger partial charge in [0, 0.05) is 35.3 Å². The predicted octanol–water partition coefficient (Wildman–Crippen LogP) is 4.34. The molecule has 1 aliphatic carbocycles. The summed E-state index contributed by atoms with van der Waals surface area (Å²) in [6, 6.07) is 14.0. The van der Waals surface area contributed by atoms with Gasteiger partial charge in [0.2, 0.25) is 0 Å². The maximum absolute atomic E-state index is 10.2. The Balaban J connectivity index is 1.63. The number of fused-ring (bicyclic) bond motifs is 3. The van der Waals surface area contributed by atoms with Crippen LogP contribution in [-0.2, 0) is 13.0 Å². The first-order valence-corrected chi connectivity index (χ1v) is 9.43. The summed E-state index contributed by atoms with van der Waals surface area (Å²) in [6.45, 7) is 6.88. The average Bonchev–Trinajstić information content (AvgIpc) is 3.08. The molecule has 0 spiro atoms. The molecule has 0 radical (unpaired) electrons. The second kappa shape index (κ2) is 7.37. The first-order chi connectivity index (χ1) is 13.2. The smallest absolute Gasteiger partial charge is 0.137 e. The van der Waals surface area contributed by atoms with Gasteiger partial charge in [0.25, 0.3) is 0 Å². The molecule has 1 aromatic heterocycles. The summed E-state index contributed by atoms with van der Waals surface area (Å²) in [6.07, 6.45) is 2.44. The van der Waals surface area contributed by atoms with Crippen LogP contribution in [0.1, 0.15) is 30.5 Å². The van der Waals surface area contributed by atoms with Gasteiger partial charge in [0.05, 0.1) is 5.69 Å². The van der Waals surface area contributed by atoms with E-state index < -0.39 is 0 Å². The van der Waals surface area contributed by atoms with E-state index in [1.807, 2.05) is 18.2 Å². The van der Waals surface area contributed by atoms with E-state index in [1.165, 1.54) is 11.1 Å². The molecule has 2 N–H and O–H groups in total. The van der Waals surface area contributed by atoms with Gasteiger partial charge in [-0.05, 0) is 36.9 Å². The van der Waals surface area contributed by atoms with Crippen molar-refractivity contribution in [1.82, 2.24) is 14.9 Å². The molecule has 0 atom stereocenters. The number of benzene rings is 2. The molecule has 3 aromatic rings. The van der Waals surface area contributed by atoms with Gasteiger partial charge in [-0.1, -0.05) is 38.1 Å². The molecular weight excluding hydrogens is 336 g/mol. The maximum Gasteiger partial charge on any atom is 0.137 e. The van der Waals surface area contributed by atoms with Gasteiger partial charge < -0.3 is 10.4 Å². The van der Waals surface area contributed by atoms with Crippen LogP contribution in [0.25, 0.3) is 11.3 Å². The molecule has 1 heterocycles. The Labute approximate surface area is 159 Å². The van der Waals surface area contributed by atoms with Crippen LogP contribution < -0.4 is 5.32 Å². The molecule has 27 heavy (non-hydrogen) atoms. The van der Waals surface area contributed by atoms with Crippen LogP contribution in [-0.4, -0.2) is 33.1 Å². The summed E-state index contributed by atoms with van der Waals surface area (Å²) in [4.78, 5) is 11.3. The number of hydrogen-bond acceptors (Lipinski definition) is 5. The van der Waals surface area contributed by atoms with Crippen molar-refractivity contribution in [3.63, 3.8) is 0 Å². The molecular formula is C22H24N4O. The fraction of sp³-hybridized carbons (Fsp3) is 0.273. The van der Waals surface area contributed by atoms with Crippen LogP contribution >= 0.6 is 0 Å². The minimum absolute atomic E-state index is 0.327. The monoisotopic (exact) mass is 360 g/mol. The van der Waals surface area contributed by atoms with Gasteiger partial charge in [-0.15, -0.1) is 0 Å². The van der Waals surface area contributed by atoms with Crippen LogP contribution in [0.5, 0.6) is 5.75 Å². The SMILES string of the molecule is CCN(CC)Cc1cc(Nc2ncnc3c2Cc2ccccc2-3)ccc1O. The molecule has 4 rings (SSSR count). The van der Waals surface area contributed by atoms with Crippen LogP contribution in [0, 0.1) is 0 Å². The number of rotatable bonds is 6. The minimum Gasteiger partial charge on any atom is -0.508 e. The van der Waals surface area contributed by atoms with Gasteiger partial charge in [0.15, 0.2) is 0 Å². The molecule has 0 unspecified atom stereocenters. The molecule has 0 saturated heterocycles. The van der Waals surface area contributed by atoms with Crippen molar-refractivity contribution in [3.8, 4) is 17.0 Å². The molecule has 2 aromatic carbocycles. The van der Waals surface area contributed by atoms with Crippen LogP contribution in [0.2, 0.25) is 0 Å². The Morgan fingerprint density at radius 3 is 2.70 bits per heavy atom. The Morgan fingerprint density at radius 1 is 1.07 bits per heavy atom. The van der Waals surface area contributed by atoms with Gasteiger partial charge >= 0.3 is 0 Å². The fourth-order valence-electron chi connectivity index (χ4n) is 3.63. The van der Waals surface area contributed by atoms with Crippen LogP contribution in [0.4, 0.5) is 11.5 Å². The second-order valence-electron chi connectivity index (χ2n) is 6.81. The lowest BCUT2D eigenvalue weighted by Gasteiger charge is -2.19. The van der Waals surface area contributed by atoms with E-state index in [0.29, 0.717) is 5.75 Å². The van der Waals surface area contributed by atoms with Crippen LogP contribution in [0.3, 0.4) is 0 Å². The lowest BCUT2D eigenvalue weighted by atomic mass is 10.1. The average molecular weight is 360 g/mol. The van der Waals surface area contributed by atoms with E-state index in [2.05, 4.69) is 52.2 Å². The number of anilines is 2. The third kappa shape index (κ3) is 3.38. The quantitative estimate of drug-likeness (QED) is 0.501. The van der Waals surface area contributed by atoms with E-state index in [9.17, 15) is 5.11 Å². The maximum atomic E-state index is 10.2. The molecule has 138 valence electrons. The molecule has 0 bridgehead atoms. The van der Waals surface area contributed by atoms with Crippen molar-refractivity contribution >= 4 is 11.5 Å². The molecule has 0 saturated carbocycles. The summed E-state index contributed by atoms with van der Waals surface area (Å²) >= 11 is 0. The van der Waals surface area contributed by atoms with Crippen molar-refractivity contribution < 1.29 is 5.11 Å². The lowest BCUT2D eigenvalue weighted by Crippen LogP contribution is -2.22.